The number of aromatic nitrogens is 2. The van der Waals surface area contributed by atoms with Crippen molar-refractivity contribution in [2.75, 3.05) is 18.4 Å². The maximum atomic E-state index is 12.8. The summed E-state index contributed by atoms with van der Waals surface area (Å²) in [5.41, 5.74) is 0. The van der Waals surface area contributed by atoms with Crippen LogP contribution in [0.15, 0.2) is 45.9 Å². The number of rotatable bonds is 4. The van der Waals surface area contributed by atoms with Gasteiger partial charge >= 0.3 is 0 Å². The summed E-state index contributed by atoms with van der Waals surface area (Å²) in [5.74, 6) is -0.115. The molecular formula is C16H19BrN4O3S. The molecule has 1 aromatic carbocycles. The topological polar surface area (TPSA) is 84.3 Å². The Balaban J connectivity index is 1.71. The average Bonchev–Trinajstić information content (AvgIpc) is 3.00. The number of amides is 1. The van der Waals surface area contributed by atoms with Crippen molar-refractivity contribution in [3.63, 3.8) is 0 Å². The molecule has 134 valence electrons. The predicted molar refractivity (Wildman–Crippen MR) is 97.5 cm³/mol. The van der Waals surface area contributed by atoms with Gasteiger partial charge in [0.1, 0.15) is 0 Å². The van der Waals surface area contributed by atoms with E-state index in [-0.39, 0.29) is 23.3 Å². The van der Waals surface area contributed by atoms with Crippen molar-refractivity contribution in [1.82, 2.24) is 14.1 Å². The first kappa shape index (κ1) is 18.1. The molecule has 0 bridgehead atoms. The lowest BCUT2D eigenvalue weighted by Crippen LogP contribution is -2.43. The monoisotopic (exact) mass is 426 g/mol. The van der Waals surface area contributed by atoms with E-state index in [9.17, 15) is 13.2 Å². The highest BCUT2D eigenvalue weighted by atomic mass is 79.9. The molecule has 25 heavy (non-hydrogen) atoms. The van der Waals surface area contributed by atoms with Crippen LogP contribution in [0.2, 0.25) is 0 Å². The summed E-state index contributed by atoms with van der Waals surface area (Å²) in [6.07, 6.45) is 3.04. The third kappa shape index (κ3) is 4.10. The molecule has 0 saturated carbocycles. The van der Waals surface area contributed by atoms with Crippen LogP contribution in [0.5, 0.6) is 0 Å². The molecule has 1 amide bonds. The lowest BCUT2D eigenvalue weighted by Gasteiger charge is -2.31. The standard InChI is InChI=1S/C16H19BrN4O3S/c1-20-10-8-15(19-20)18-16(22)12-3-2-9-21(11-12)25(23,24)14-6-4-13(17)5-7-14/h4-8,10,12H,2-3,9,11H2,1H3,(H,18,19,22)/t12-/m0/s1. The Morgan fingerprint density at radius 1 is 1.28 bits per heavy atom. The number of anilines is 1. The molecule has 0 unspecified atom stereocenters. The molecule has 1 saturated heterocycles. The third-order valence-electron chi connectivity index (χ3n) is 4.17. The van der Waals surface area contributed by atoms with Gasteiger partial charge in [0.2, 0.25) is 15.9 Å². The first-order chi connectivity index (χ1) is 11.9. The van der Waals surface area contributed by atoms with Gasteiger partial charge in [-0.1, -0.05) is 15.9 Å². The van der Waals surface area contributed by atoms with E-state index in [0.29, 0.717) is 25.2 Å². The normalized spacial score (nSPS) is 18.9. The molecule has 1 atom stereocenters. The van der Waals surface area contributed by atoms with Crippen LogP contribution in [0, 0.1) is 5.92 Å². The molecule has 0 aliphatic carbocycles. The molecule has 1 aromatic heterocycles. The number of halogens is 1. The van der Waals surface area contributed by atoms with Gasteiger partial charge in [0.15, 0.2) is 5.82 Å². The maximum Gasteiger partial charge on any atom is 0.243 e. The fraction of sp³-hybridized carbons (Fsp3) is 0.375. The van der Waals surface area contributed by atoms with Crippen LogP contribution >= 0.6 is 15.9 Å². The van der Waals surface area contributed by atoms with Crippen molar-refractivity contribution in [2.45, 2.75) is 17.7 Å². The van der Waals surface area contributed by atoms with Crippen LogP contribution < -0.4 is 5.32 Å². The number of nitrogens with zero attached hydrogens (tertiary/aromatic N) is 3. The van der Waals surface area contributed by atoms with E-state index in [2.05, 4.69) is 26.3 Å². The number of aryl methyl sites for hydroxylation is 1. The number of carbonyl (C=O) groups excluding carboxylic acids is 1. The molecule has 1 N–H and O–H groups in total. The maximum absolute atomic E-state index is 12.8. The van der Waals surface area contributed by atoms with Gasteiger partial charge in [-0.2, -0.15) is 9.40 Å². The minimum atomic E-state index is -3.60. The number of hydrogen-bond acceptors (Lipinski definition) is 4. The van der Waals surface area contributed by atoms with Crippen molar-refractivity contribution in [2.24, 2.45) is 13.0 Å². The molecule has 2 aromatic rings. The highest BCUT2D eigenvalue weighted by Gasteiger charge is 2.33. The van der Waals surface area contributed by atoms with E-state index in [1.54, 1.807) is 48.3 Å². The van der Waals surface area contributed by atoms with E-state index < -0.39 is 10.0 Å². The van der Waals surface area contributed by atoms with Crippen molar-refractivity contribution in [3.05, 3.63) is 41.0 Å². The zero-order chi connectivity index (χ0) is 18.0. The molecule has 3 rings (SSSR count). The molecule has 1 fully saturated rings. The molecule has 2 heterocycles. The van der Waals surface area contributed by atoms with Crippen LogP contribution in [0.25, 0.3) is 0 Å². The van der Waals surface area contributed by atoms with Crippen molar-refractivity contribution in [3.8, 4) is 0 Å². The molecule has 1 aliphatic rings. The van der Waals surface area contributed by atoms with Crippen molar-refractivity contribution < 1.29 is 13.2 Å². The Morgan fingerprint density at radius 2 is 2.00 bits per heavy atom. The van der Waals surface area contributed by atoms with Gasteiger partial charge in [-0.15, -0.1) is 0 Å². The SMILES string of the molecule is Cn1ccc(NC(=O)[C@H]2CCCN(S(=O)(=O)c3ccc(Br)cc3)C2)n1. The highest BCUT2D eigenvalue weighted by Crippen LogP contribution is 2.25. The van der Waals surface area contributed by atoms with Crippen LogP contribution in [0.1, 0.15) is 12.8 Å². The lowest BCUT2D eigenvalue weighted by atomic mass is 9.99. The number of sulfonamides is 1. The van der Waals surface area contributed by atoms with Gasteiger partial charge in [0.05, 0.1) is 10.8 Å². The molecule has 7 nitrogen and oxygen atoms in total. The summed E-state index contributed by atoms with van der Waals surface area (Å²) in [6, 6.07) is 8.23. The Bertz CT molecular complexity index is 864. The summed E-state index contributed by atoms with van der Waals surface area (Å²) < 4.78 is 29.4. The molecule has 0 radical (unpaired) electrons. The van der Waals surface area contributed by atoms with E-state index in [0.717, 1.165) is 4.47 Å². The summed E-state index contributed by atoms with van der Waals surface area (Å²) >= 11 is 3.30. The van der Waals surface area contributed by atoms with Gasteiger partial charge in [0, 0.05) is 36.9 Å². The van der Waals surface area contributed by atoms with Crippen molar-refractivity contribution >= 4 is 37.7 Å². The van der Waals surface area contributed by atoms with Crippen LogP contribution in [-0.4, -0.2) is 41.5 Å². The van der Waals surface area contributed by atoms with Crippen molar-refractivity contribution in [1.29, 1.82) is 0 Å². The first-order valence-electron chi connectivity index (χ1n) is 7.92. The quantitative estimate of drug-likeness (QED) is 0.811. The molecule has 1 aliphatic heterocycles. The third-order valence-corrected chi connectivity index (χ3v) is 6.58. The van der Waals surface area contributed by atoms with Gasteiger partial charge in [-0.3, -0.25) is 9.48 Å². The molecular weight excluding hydrogens is 408 g/mol. The first-order valence-corrected chi connectivity index (χ1v) is 10.2. The largest absolute Gasteiger partial charge is 0.309 e. The number of piperidine rings is 1. The van der Waals surface area contributed by atoms with Gasteiger partial charge in [-0.05, 0) is 37.1 Å². The zero-order valence-electron chi connectivity index (χ0n) is 13.7. The van der Waals surface area contributed by atoms with E-state index in [4.69, 9.17) is 0 Å². The highest BCUT2D eigenvalue weighted by molar-refractivity contribution is 9.10. The average molecular weight is 427 g/mol. The number of hydrogen-bond donors (Lipinski definition) is 1. The zero-order valence-corrected chi connectivity index (χ0v) is 16.1. The Morgan fingerprint density at radius 3 is 2.64 bits per heavy atom. The smallest absolute Gasteiger partial charge is 0.243 e. The van der Waals surface area contributed by atoms with Crippen LogP contribution in [0.3, 0.4) is 0 Å². The molecule has 0 spiro atoms. The fourth-order valence-electron chi connectivity index (χ4n) is 2.84. The Kier molecular flexibility index (Phi) is 5.26. The second-order valence-corrected chi connectivity index (χ2v) is 8.87. The fourth-order valence-corrected chi connectivity index (χ4v) is 4.63. The molecule has 9 heteroatoms. The predicted octanol–water partition coefficient (Wildman–Crippen LogP) is 2.22. The number of carbonyl (C=O) groups is 1. The summed E-state index contributed by atoms with van der Waals surface area (Å²) in [5, 5.41) is 6.87. The Hall–Kier alpha value is -1.71. The van der Waals surface area contributed by atoms with Crippen LogP contribution in [-0.2, 0) is 21.9 Å². The second kappa shape index (κ2) is 7.27. The summed E-state index contributed by atoms with van der Waals surface area (Å²) in [4.78, 5) is 12.7. The van der Waals surface area contributed by atoms with Crippen LogP contribution in [0.4, 0.5) is 5.82 Å². The number of benzene rings is 1. The summed E-state index contributed by atoms with van der Waals surface area (Å²) in [7, 11) is -1.83. The Labute approximate surface area is 155 Å². The second-order valence-electron chi connectivity index (χ2n) is 6.02. The van der Waals surface area contributed by atoms with Gasteiger partial charge in [0.25, 0.3) is 0 Å². The van der Waals surface area contributed by atoms with E-state index in [1.165, 1.54) is 4.31 Å². The van der Waals surface area contributed by atoms with E-state index in [1.807, 2.05) is 0 Å². The van der Waals surface area contributed by atoms with Gasteiger partial charge in [-0.25, -0.2) is 8.42 Å². The minimum absolute atomic E-state index is 0.178. The number of nitrogens with one attached hydrogen (secondary N) is 1. The van der Waals surface area contributed by atoms with Gasteiger partial charge < -0.3 is 5.32 Å². The minimum Gasteiger partial charge on any atom is -0.309 e. The summed E-state index contributed by atoms with van der Waals surface area (Å²) in [6.45, 7) is 0.600. The lowest BCUT2D eigenvalue weighted by molar-refractivity contribution is -0.120. The van der Waals surface area contributed by atoms with E-state index >= 15 is 0 Å².